The van der Waals surface area contributed by atoms with Crippen LogP contribution in [-0.4, -0.2) is 40.9 Å². The summed E-state index contributed by atoms with van der Waals surface area (Å²) in [5, 5.41) is 2.72. The number of piperidine rings is 1. The molecule has 6 heteroatoms. The summed E-state index contributed by atoms with van der Waals surface area (Å²) in [5.41, 5.74) is 1.15. The Bertz CT molecular complexity index is 696. The Labute approximate surface area is 140 Å². The molecule has 0 unspecified atom stereocenters. The molecule has 1 amide bonds. The second kappa shape index (κ2) is 7.49. The van der Waals surface area contributed by atoms with E-state index in [9.17, 15) is 9.18 Å². The first-order chi connectivity index (χ1) is 11.6. The van der Waals surface area contributed by atoms with Gasteiger partial charge in [0, 0.05) is 5.69 Å². The summed E-state index contributed by atoms with van der Waals surface area (Å²) in [6, 6.07) is 8.20. The van der Waals surface area contributed by atoms with Crippen LogP contribution in [0.3, 0.4) is 0 Å². The lowest BCUT2D eigenvalue weighted by molar-refractivity contribution is 0.102. The van der Waals surface area contributed by atoms with Crippen molar-refractivity contribution in [1.82, 2.24) is 14.9 Å². The van der Waals surface area contributed by atoms with Crippen LogP contribution in [0.15, 0.2) is 36.5 Å². The zero-order valence-corrected chi connectivity index (χ0v) is 13.7. The summed E-state index contributed by atoms with van der Waals surface area (Å²) in [6.45, 7) is 2.24. The van der Waals surface area contributed by atoms with Gasteiger partial charge in [-0.25, -0.2) is 14.4 Å². The molecule has 0 aliphatic carbocycles. The van der Waals surface area contributed by atoms with Crippen LogP contribution in [-0.2, 0) is 6.42 Å². The second-order valence-corrected chi connectivity index (χ2v) is 6.28. The minimum absolute atomic E-state index is 0.166. The zero-order valence-electron chi connectivity index (χ0n) is 13.7. The summed E-state index contributed by atoms with van der Waals surface area (Å²) < 4.78 is 12.9. The van der Waals surface area contributed by atoms with Gasteiger partial charge >= 0.3 is 0 Å². The minimum atomic E-state index is -0.468. The van der Waals surface area contributed by atoms with Crippen LogP contribution in [0.25, 0.3) is 0 Å². The first-order valence-corrected chi connectivity index (χ1v) is 8.17. The number of nitrogens with one attached hydrogen (secondary N) is 1. The fourth-order valence-corrected chi connectivity index (χ4v) is 2.92. The van der Waals surface area contributed by atoms with Crippen molar-refractivity contribution in [2.24, 2.45) is 5.92 Å². The molecule has 0 aromatic carbocycles. The number of rotatable bonds is 4. The molecule has 0 radical (unpaired) electrons. The van der Waals surface area contributed by atoms with Crippen molar-refractivity contribution in [3.05, 3.63) is 53.7 Å². The Balaban J connectivity index is 1.62. The van der Waals surface area contributed by atoms with Crippen LogP contribution < -0.4 is 5.32 Å². The molecule has 1 fully saturated rings. The molecular formula is C18H21FN4O. The number of hydrogen-bond acceptors (Lipinski definition) is 4. The molecule has 1 aliphatic heterocycles. The smallest absolute Gasteiger partial charge is 0.275 e. The molecule has 3 heterocycles. The van der Waals surface area contributed by atoms with Gasteiger partial charge in [0.2, 0.25) is 0 Å². The molecule has 2 aromatic heterocycles. The molecule has 1 aliphatic rings. The van der Waals surface area contributed by atoms with Crippen molar-refractivity contribution < 1.29 is 9.18 Å². The Morgan fingerprint density at radius 1 is 1.29 bits per heavy atom. The van der Waals surface area contributed by atoms with Gasteiger partial charge in [-0.05, 0) is 69.6 Å². The SMILES string of the molecule is CN1CCC(Cc2cccc(NC(=O)c3ccc(F)cn3)n2)CC1. The predicted octanol–water partition coefficient (Wildman–Crippen LogP) is 2.75. The van der Waals surface area contributed by atoms with Crippen LogP contribution in [0.5, 0.6) is 0 Å². The van der Waals surface area contributed by atoms with E-state index in [-0.39, 0.29) is 11.6 Å². The second-order valence-electron chi connectivity index (χ2n) is 6.28. The first-order valence-electron chi connectivity index (χ1n) is 8.17. The summed E-state index contributed by atoms with van der Waals surface area (Å²) in [5.74, 6) is 0.277. The number of amides is 1. The molecule has 1 saturated heterocycles. The van der Waals surface area contributed by atoms with Gasteiger partial charge in [-0.15, -0.1) is 0 Å². The largest absolute Gasteiger partial charge is 0.306 e. The maximum absolute atomic E-state index is 12.9. The normalized spacial score (nSPS) is 16.1. The Morgan fingerprint density at radius 3 is 2.79 bits per heavy atom. The van der Waals surface area contributed by atoms with Crippen molar-refractivity contribution in [3.63, 3.8) is 0 Å². The average molecular weight is 328 g/mol. The van der Waals surface area contributed by atoms with Gasteiger partial charge in [0.1, 0.15) is 17.3 Å². The number of likely N-dealkylation sites (tertiary alicyclic amines) is 1. The maximum atomic E-state index is 12.9. The van der Waals surface area contributed by atoms with E-state index in [4.69, 9.17) is 0 Å². The van der Waals surface area contributed by atoms with E-state index in [1.165, 1.54) is 25.0 Å². The van der Waals surface area contributed by atoms with Crippen molar-refractivity contribution in [2.75, 3.05) is 25.5 Å². The van der Waals surface area contributed by atoms with Crippen LogP contribution in [0, 0.1) is 11.7 Å². The molecule has 0 saturated carbocycles. The highest BCUT2D eigenvalue weighted by molar-refractivity contribution is 6.02. The summed E-state index contributed by atoms with van der Waals surface area (Å²) in [6.07, 6.45) is 4.30. The maximum Gasteiger partial charge on any atom is 0.275 e. The standard InChI is InChI=1S/C18H21FN4O/c1-23-9-7-13(8-10-23)11-15-3-2-4-17(21-15)22-18(24)16-6-5-14(19)12-20-16/h2-6,12-13H,7-11H2,1H3,(H,21,22,24). The van der Waals surface area contributed by atoms with Crippen LogP contribution in [0.1, 0.15) is 29.0 Å². The predicted molar refractivity (Wildman–Crippen MR) is 90.3 cm³/mol. The average Bonchev–Trinajstić information content (AvgIpc) is 2.58. The van der Waals surface area contributed by atoms with Crippen molar-refractivity contribution in [2.45, 2.75) is 19.3 Å². The number of anilines is 1. The first kappa shape index (κ1) is 16.5. The Morgan fingerprint density at radius 2 is 2.08 bits per heavy atom. The number of pyridine rings is 2. The van der Waals surface area contributed by atoms with E-state index in [2.05, 4.69) is 27.2 Å². The third kappa shape index (κ3) is 4.35. The highest BCUT2D eigenvalue weighted by Gasteiger charge is 2.17. The summed E-state index contributed by atoms with van der Waals surface area (Å²) >= 11 is 0. The van der Waals surface area contributed by atoms with E-state index >= 15 is 0 Å². The quantitative estimate of drug-likeness (QED) is 0.937. The summed E-state index contributed by atoms with van der Waals surface area (Å²) in [7, 11) is 2.15. The lowest BCUT2D eigenvalue weighted by Crippen LogP contribution is -2.31. The molecule has 3 rings (SSSR count). The Kier molecular flexibility index (Phi) is 5.15. The molecule has 1 N–H and O–H groups in total. The van der Waals surface area contributed by atoms with E-state index < -0.39 is 5.82 Å². The fraction of sp³-hybridized carbons (Fsp3) is 0.389. The highest BCUT2D eigenvalue weighted by Crippen LogP contribution is 2.20. The van der Waals surface area contributed by atoms with E-state index in [0.29, 0.717) is 11.7 Å². The van der Waals surface area contributed by atoms with Gasteiger partial charge in [0.15, 0.2) is 0 Å². The van der Waals surface area contributed by atoms with E-state index in [1.54, 1.807) is 6.07 Å². The van der Waals surface area contributed by atoms with Crippen LogP contribution in [0.4, 0.5) is 10.2 Å². The fourth-order valence-electron chi connectivity index (χ4n) is 2.92. The zero-order chi connectivity index (χ0) is 16.9. The lowest BCUT2D eigenvalue weighted by atomic mass is 9.92. The summed E-state index contributed by atoms with van der Waals surface area (Å²) in [4.78, 5) is 22.8. The van der Waals surface area contributed by atoms with Crippen molar-refractivity contribution in [3.8, 4) is 0 Å². The molecule has 0 bridgehead atoms. The third-order valence-corrected chi connectivity index (χ3v) is 4.34. The number of carbonyl (C=O) groups is 1. The third-order valence-electron chi connectivity index (χ3n) is 4.34. The monoisotopic (exact) mass is 328 g/mol. The van der Waals surface area contributed by atoms with E-state index in [1.807, 2.05) is 12.1 Å². The number of carbonyl (C=O) groups excluding carboxylic acids is 1. The van der Waals surface area contributed by atoms with Crippen molar-refractivity contribution in [1.29, 1.82) is 0 Å². The van der Waals surface area contributed by atoms with Crippen LogP contribution >= 0.6 is 0 Å². The minimum Gasteiger partial charge on any atom is -0.306 e. The van der Waals surface area contributed by atoms with Gasteiger partial charge in [-0.3, -0.25) is 4.79 Å². The Hall–Kier alpha value is -2.34. The van der Waals surface area contributed by atoms with Gasteiger partial charge in [0.25, 0.3) is 5.91 Å². The lowest BCUT2D eigenvalue weighted by Gasteiger charge is -2.28. The molecule has 5 nitrogen and oxygen atoms in total. The highest BCUT2D eigenvalue weighted by atomic mass is 19.1. The molecule has 0 spiro atoms. The molecule has 0 atom stereocenters. The number of nitrogens with zero attached hydrogens (tertiary/aromatic N) is 3. The molecule has 2 aromatic rings. The van der Waals surface area contributed by atoms with Gasteiger partial charge in [0.05, 0.1) is 6.20 Å². The van der Waals surface area contributed by atoms with Gasteiger partial charge < -0.3 is 10.2 Å². The molecular weight excluding hydrogens is 307 g/mol. The van der Waals surface area contributed by atoms with Crippen molar-refractivity contribution >= 4 is 11.7 Å². The number of aromatic nitrogens is 2. The molecule has 24 heavy (non-hydrogen) atoms. The van der Waals surface area contributed by atoms with E-state index in [0.717, 1.165) is 31.4 Å². The van der Waals surface area contributed by atoms with Gasteiger partial charge in [-0.1, -0.05) is 6.07 Å². The molecule has 126 valence electrons. The number of hydrogen-bond donors (Lipinski definition) is 1. The topological polar surface area (TPSA) is 58.1 Å². The van der Waals surface area contributed by atoms with Crippen LogP contribution in [0.2, 0.25) is 0 Å². The number of halogens is 1. The van der Waals surface area contributed by atoms with Gasteiger partial charge in [-0.2, -0.15) is 0 Å².